The van der Waals surface area contributed by atoms with Gasteiger partial charge in [-0.05, 0) is 24.1 Å². The van der Waals surface area contributed by atoms with Crippen LogP contribution < -0.4 is 0 Å². The maximum Gasteiger partial charge on any atom is 0.356 e. The van der Waals surface area contributed by atoms with Crippen LogP contribution >= 0.6 is 11.8 Å². The molecule has 1 amide bonds. The molecule has 1 unspecified atom stereocenters. The molecule has 7 nitrogen and oxygen atoms in total. The minimum Gasteiger partial charge on any atom is -0.461 e. The van der Waals surface area contributed by atoms with E-state index in [2.05, 4.69) is 0 Å². The van der Waals surface area contributed by atoms with Crippen molar-refractivity contribution in [3.05, 3.63) is 94.7 Å². The molecule has 1 atom stereocenters. The first-order valence-corrected chi connectivity index (χ1v) is 11.7. The fourth-order valence-corrected chi connectivity index (χ4v) is 5.14. The van der Waals surface area contributed by atoms with Crippen LogP contribution in [0, 0.1) is 0 Å². The average Bonchev–Trinajstić information content (AvgIpc) is 2.84. The number of esters is 2. The highest BCUT2D eigenvalue weighted by Gasteiger charge is 2.50. The van der Waals surface area contributed by atoms with Crippen LogP contribution in [0.2, 0.25) is 0 Å². The fourth-order valence-electron chi connectivity index (χ4n) is 3.87. The lowest BCUT2D eigenvalue weighted by atomic mass is 10.00. The fraction of sp³-hybridized carbons (Fsp3) is 0.231. The van der Waals surface area contributed by atoms with Crippen molar-refractivity contribution in [2.75, 3.05) is 12.4 Å². The quantitative estimate of drug-likeness (QED) is 0.342. The van der Waals surface area contributed by atoms with E-state index in [0.717, 1.165) is 11.1 Å². The molecule has 0 N–H and O–H groups in total. The number of fused-ring (bicyclic) bond motifs is 1. The third-order valence-corrected chi connectivity index (χ3v) is 6.68. The average molecular weight is 478 g/mol. The van der Waals surface area contributed by atoms with Crippen molar-refractivity contribution in [3.8, 4) is 0 Å². The number of carbonyl (C=O) groups excluding carboxylic acids is 4. The summed E-state index contributed by atoms with van der Waals surface area (Å²) >= 11 is 1.39. The van der Waals surface area contributed by atoms with Crippen molar-refractivity contribution in [2.24, 2.45) is 0 Å². The van der Waals surface area contributed by atoms with Gasteiger partial charge in [-0.2, -0.15) is 0 Å². The Morgan fingerprint density at radius 3 is 2.15 bits per heavy atom. The molecular formula is C26H23NO6S. The van der Waals surface area contributed by atoms with Crippen molar-refractivity contribution in [2.45, 2.75) is 25.3 Å². The van der Waals surface area contributed by atoms with E-state index in [4.69, 9.17) is 9.47 Å². The van der Waals surface area contributed by atoms with E-state index in [1.807, 2.05) is 60.7 Å². The van der Waals surface area contributed by atoms with Crippen LogP contribution in [0.5, 0.6) is 0 Å². The van der Waals surface area contributed by atoms with E-state index in [-0.39, 0.29) is 18.1 Å². The summed E-state index contributed by atoms with van der Waals surface area (Å²) in [5.41, 5.74) is 2.44. The second-order valence-electron chi connectivity index (χ2n) is 7.89. The molecule has 0 saturated carbocycles. The van der Waals surface area contributed by atoms with Gasteiger partial charge in [0.2, 0.25) is 0 Å². The first-order chi connectivity index (χ1) is 16.4. The molecule has 0 bridgehead atoms. The first-order valence-electron chi connectivity index (χ1n) is 10.7. The summed E-state index contributed by atoms with van der Waals surface area (Å²) in [7, 11) is 0. The Balaban J connectivity index is 1.70. The van der Waals surface area contributed by atoms with Crippen LogP contribution in [0.15, 0.2) is 83.6 Å². The number of hydrogen-bond donors (Lipinski definition) is 0. The highest BCUT2D eigenvalue weighted by atomic mass is 32.2. The lowest BCUT2D eigenvalue weighted by Gasteiger charge is -2.46. The zero-order valence-corrected chi connectivity index (χ0v) is 19.5. The van der Waals surface area contributed by atoms with Gasteiger partial charge in [-0.25, -0.2) is 4.79 Å². The van der Waals surface area contributed by atoms with Crippen LogP contribution in [-0.2, 0) is 28.7 Å². The lowest BCUT2D eigenvalue weighted by molar-refractivity contribution is -0.149. The molecule has 4 rings (SSSR count). The summed E-state index contributed by atoms with van der Waals surface area (Å²) in [6.45, 7) is 2.52. The zero-order chi connectivity index (χ0) is 24.2. The number of ether oxygens (including phenoxy) is 2. The van der Waals surface area contributed by atoms with Gasteiger partial charge in [0.1, 0.15) is 17.7 Å². The minimum atomic E-state index is -0.700. The van der Waals surface area contributed by atoms with Crippen LogP contribution in [0.4, 0.5) is 0 Å². The van der Waals surface area contributed by atoms with Crippen LogP contribution in [0.25, 0.3) is 0 Å². The first kappa shape index (κ1) is 23.5. The Kier molecular flexibility index (Phi) is 6.98. The molecule has 0 aromatic heterocycles. The summed E-state index contributed by atoms with van der Waals surface area (Å²) < 4.78 is 11.1. The molecule has 2 aliphatic rings. The molecule has 1 saturated heterocycles. The number of thioether (sulfide) groups is 1. The predicted molar refractivity (Wildman–Crippen MR) is 126 cm³/mol. The van der Waals surface area contributed by atoms with Gasteiger partial charge in [-0.1, -0.05) is 60.7 Å². The number of amides is 1. The molecule has 174 valence electrons. The van der Waals surface area contributed by atoms with Gasteiger partial charge in [-0.15, -0.1) is 11.8 Å². The highest BCUT2D eigenvalue weighted by molar-refractivity contribution is 8.00. The Bertz CT molecular complexity index is 1150. The van der Waals surface area contributed by atoms with Crippen molar-refractivity contribution >= 4 is 35.4 Å². The van der Waals surface area contributed by atoms with Gasteiger partial charge in [-0.3, -0.25) is 19.3 Å². The molecule has 2 heterocycles. The van der Waals surface area contributed by atoms with Gasteiger partial charge < -0.3 is 9.47 Å². The van der Waals surface area contributed by atoms with Crippen LogP contribution in [0.1, 0.15) is 31.1 Å². The van der Waals surface area contributed by atoms with Crippen molar-refractivity contribution in [3.63, 3.8) is 0 Å². The molecular weight excluding hydrogens is 454 g/mol. The van der Waals surface area contributed by atoms with Crippen LogP contribution in [0.3, 0.4) is 0 Å². The summed E-state index contributed by atoms with van der Waals surface area (Å²) in [5.74, 6) is -1.51. The maximum atomic E-state index is 13.6. The van der Waals surface area contributed by atoms with Gasteiger partial charge in [0.15, 0.2) is 11.9 Å². The van der Waals surface area contributed by atoms with E-state index >= 15 is 0 Å². The molecule has 8 heteroatoms. The number of β-lactam (4-membered cyclic amide) rings is 1. The molecule has 34 heavy (non-hydrogen) atoms. The summed E-state index contributed by atoms with van der Waals surface area (Å²) in [6.07, 6.45) is 0.599. The van der Waals surface area contributed by atoms with Gasteiger partial charge >= 0.3 is 11.9 Å². The second kappa shape index (κ2) is 10.1. The molecule has 0 aliphatic carbocycles. The molecule has 1 fully saturated rings. The monoisotopic (exact) mass is 477 g/mol. The molecule has 2 aromatic rings. The third-order valence-electron chi connectivity index (χ3n) is 5.39. The summed E-state index contributed by atoms with van der Waals surface area (Å²) in [4.78, 5) is 50.8. The SMILES string of the molecule is CC(=O)/C=C1/C(=O)N2C(C(=O)OC(c3ccccc3)c3ccccc3)=C(COC(C)=O)CSC12. The number of allylic oxidation sites excluding steroid dienone is 1. The highest BCUT2D eigenvalue weighted by Crippen LogP contribution is 2.44. The van der Waals surface area contributed by atoms with Gasteiger partial charge in [0.05, 0.1) is 5.57 Å². The summed E-state index contributed by atoms with van der Waals surface area (Å²) in [5, 5.41) is -0.466. The molecule has 2 aliphatic heterocycles. The minimum absolute atomic E-state index is 0.0626. The van der Waals surface area contributed by atoms with Gasteiger partial charge in [0.25, 0.3) is 5.91 Å². The van der Waals surface area contributed by atoms with Gasteiger partial charge in [0, 0.05) is 18.2 Å². The normalized spacial score (nSPS) is 18.4. The van der Waals surface area contributed by atoms with E-state index in [1.165, 1.54) is 36.6 Å². The Morgan fingerprint density at radius 2 is 1.62 bits per heavy atom. The topological polar surface area (TPSA) is 90.0 Å². The van der Waals surface area contributed by atoms with E-state index in [0.29, 0.717) is 16.9 Å². The lowest BCUT2D eigenvalue weighted by Crippen LogP contribution is -2.56. The van der Waals surface area contributed by atoms with Crippen molar-refractivity contribution in [1.29, 1.82) is 0 Å². The molecule has 0 spiro atoms. The standard InChI is InChI=1S/C26H23NO6S/c1-16(28)13-21-24(30)27-22(20(14-32-17(2)29)15-34-25(21)27)26(31)33-23(18-9-5-3-6-10-18)19-11-7-4-8-12-19/h3-13,23,25H,14-15H2,1-2H3/b21-13-. The van der Waals surface area contributed by atoms with Crippen molar-refractivity contribution < 1.29 is 28.7 Å². The largest absolute Gasteiger partial charge is 0.461 e. The second-order valence-corrected chi connectivity index (χ2v) is 8.96. The summed E-state index contributed by atoms with van der Waals surface area (Å²) in [6, 6.07) is 18.6. The van der Waals surface area contributed by atoms with E-state index < -0.39 is 29.3 Å². The van der Waals surface area contributed by atoms with Crippen LogP contribution in [-0.4, -0.2) is 46.3 Å². The number of carbonyl (C=O) groups is 4. The molecule has 2 aromatic carbocycles. The Hall–Kier alpha value is -3.65. The number of rotatable bonds is 7. The maximum absolute atomic E-state index is 13.6. The number of ketones is 1. The smallest absolute Gasteiger partial charge is 0.356 e. The predicted octanol–water partition coefficient (Wildman–Crippen LogP) is 3.57. The third kappa shape index (κ3) is 4.82. The van der Waals surface area contributed by atoms with E-state index in [1.54, 1.807) is 0 Å². The number of benzene rings is 2. The van der Waals surface area contributed by atoms with Crippen molar-refractivity contribution in [1.82, 2.24) is 4.90 Å². The Labute approximate surface area is 201 Å². The molecule has 0 radical (unpaired) electrons. The zero-order valence-electron chi connectivity index (χ0n) is 18.7. The number of nitrogens with zero attached hydrogens (tertiary/aromatic N) is 1. The number of hydrogen-bond acceptors (Lipinski definition) is 7. The van der Waals surface area contributed by atoms with E-state index in [9.17, 15) is 19.2 Å². The Morgan fingerprint density at radius 1 is 1.03 bits per heavy atom.